The van der Waals surface area contributed by atoms with Crippen molar-refractivity contribution in [2.45, 2.75) is 69.4 Å². The maximum Gasteiger partial charge on any atom is 0.241 e. The zero-order chi connectivity index (χ0) is 24.3. The van der Waals surface area contributed by atoms with Crippen molar-refractivity contribution in [1.29, 1.82) is 0 Å². The fourth-order valence-corrected chi connectivity index (χ4v) is 6.13. The Labute approximate surface area is 201 Å². The van der Waals surface area contributed by atoms with E-state index in [-0.39, 0.29) is 29.2 Å². The first-order valence-corrected chi connectivity index (χ1v) is 13.5. The summed E-state index contributed by atoms with van der Waals surface area (Å²) in [4.78, 5) is 25.1. The van der Waals surface area contributed by atoms with Gasteiger partial charge in [0.1, 0.15) is 6.04 Å². The third-order valence-electron chi connectivity index (χ3n) is 7.21. The zero-order valence-corrected chi connectivity index (χ0v) is 20.5. The number of carbonyl (C=O) groups excluding carboxylic acids is 2. The maximum absolute atomic E-state index is 13.4. The van der Waals surface area contributed by atoms with E-state index < -0.39 is 16.1 Å². The van der Waals surface area contributed by atoms with Crippen LogP contribution in [0.2, 0.25) is 0 Å². The van der Waals surface area contributed by atoms with Crippen molar-refractivity contribution in [1.82, 2.24) is 10.0 Å². The van der Waals surface area contributed by atoms with Crippen molar-refractivity contribution < 1.29 is 18.0 Å². The summed E-state index contributed by atoms with van der Waals surface area (Å²) < 4.78 is 29.3. The summed E-state index contributed by atoms with van der Waals surface area (Å²) in [6.07, 6.45) is 4.16. The van der Waals surface area contributed by atoms with Gasteiger partial charge in [0.2, 0.25) is 21.8 Å². The molecule has 0 radical (unpaired) electrons. The third kappa shape index (κ3) is 5.67. The summed E-state index contributed by atoms with van der Waals surface area (Å²) >= 11 is 0. The minimum Gasteiger partial charge on any atom is -0.352 e. The van der Waals surface area contributed by atoms with Gasteiger partial charge in [-0.2, -0.15) is 4.72 Å². The molecule has 0 spiro atoms. The largest absolute Gasteiger partial charge is 0.352 e. The highest BCUT2D eigenvalue weighted by molar-refractivity contribution is 7.89. The maximum atomic E-state index is 13.4. The van der Waals surface area contributed by atoms with Gasteiger partial charge < -0.3 is 10.6 Å². The molecule has 0 aromatic heterocycles. The lowest BCUT2D eigenvalue weighted by atomic mass is 9.78. The van der Waals surface area contributed by atoms with Crippen LogP contribution in [-0.2, 0) is 32.5 Å². The minimum absolute atomic E-state index is 0.0337. The van der Waals surface area contributed by atoms with E-state index in [1.165, 1.54) is 6.07 Å². The van der Waals surface area contributed by atoms with Crippen LogP contribution in [0, 0.1) is 11.8 Å². The summed E-state index contributed by atoms with van der Waals surface area (Å²) in [7, 11) is -3.96. The normalized spacial score (nSPS) is 23.5. The molecule has 1 aliphatic heterocycles. The molecule has 34 heavy (non-hydrogen) atoms. The van der Waals surface area contributed by atoms with Crippen molar-refractivity contribution in [2.24, 2.45) is 11.8 Å². The third-order valence-corrected chi connectivity index (χ3v) is 8.68. The molecule has 8 heteroatoms. The highest BCUT2D eigenvalue weighted by atomic mass is 32.2. The van der Waals surface area contributed by atoms with Crippen LogP contribution in [0.1, 0.15) is 50.7 Å². The van der Waals surface area contributed by atoms with Crippen LogP contribution in [0.3, 0.4) is 0 Å². The van der Waals surface area contributed by atoms with Crippen molar-refractivity contribution in [3.63, 3.8) is 0 Å². The van der Waals surface area contributed by atoms with Crippen LogP contribution >= 0.6 is 0 Å². The zero-order valence-electron chi connectivity index (χ0n) is 19.7. The fraction of sp³-hybridized carbons (Fsp3) is 0.462. The Hall–Kier alpha value is -2.71. The topological polar surface area (TPSA) is 104 Å². The Kier molecular flexibility index (Phi) is 7.38. The van der Waals surface area contributed by atoms with Gasteiger partial charge in [-0.05, 0) is 60.4 Å². The highest BCUT2D eigenvalue weighted by Crippen LogP contribution is 2.30. The molecule has 7 nitrogen and oxygen atoms in total. The lowest BCUT2D eigenvalue weighted by Crippen LogP contribution is -2.53. The molecule has 1 saturated carbocycles. The molecule has 0 saturated heterocycles. The van der Waals surface area contributed by atoms with Gasteiger partial charge in [-0.25, -0.2) is 8.42 Å². The SMILES string of the molecule is C[C@@H]1[C@H](C)CCC[C@@H]1NC(=O)[C@@H](Cc1ccccc1)NS(=O)(=O)c1ccc2c(c1)CCC(=O)N2. The van der Waals surface area contributed by atoms with E-state index in [4.69, 9.17) is 0 Å². The summed E-state index contributed by atoms with van der Waals surface area (Å²) in [5.41, 5.74) is 2.29. The second kappa shape index (κ2) is 10.3. The molecule has 1 fully saturated rings. The molecular weight excluding hydrogens is 450 g/mol. The first kappa shape index (κ1) is 24.4. The number of hydrogen-bond acceptors (Lipinski definition) is 4. The molecular formula is C26H33N3O4S. The van der Waals surface area contributed by atoms with Gasteiger partial charge >= 0.3 is 0 Å². The number of sulfonamides is 1. The Bertz CT molecular complexity index is 1150. The number of amides is 2. The lowest BCUT2D eigenvalue weighted by Gasteiger charge is -2.35. The number of nitrogens with one attached hydrogen (secondary N) is 3. The van der Waals surface area contributed by atoms with Gasteiger partial charge in [-0.1, -0.05) is 57.0 Å². The number of aryl methyl sites for hydroxylation is 1. The molecule has 0 unspecified atom stereocenters. The van der Waals surface area contributed by atoms with Gasteiger partial charge in [0.05, 0.1) is 4.90 Å². The van der Waals surface area contributed by atoms with E-state index in [0.29, 0.717) is 30.4 Å². The van der Waals surface area contributed by atoms with Gasteiger partial charge in [-0.3, -0.25) is 9.59 Å². The van der Waals surface area contributed by atoms with Crippen LogP contribution in [0.15, 0.2) is 53.4 Å². The predicted molar refractivity (Wildman–Crippen MR) is 132 cm³/mol. The van der Waals surface area contributed by atoms with Gasteiger partial charge in [0.15, 0.2) is 0 Å². The lowest BCUT2D eigenvalue weighted by molar-refractivity contribution is -0.124. The van der Waals surface area contributed by atoms with Gasteiger partial charge in [-0.15, -0.1) is 0 Å². The molecule has 0 bridgehead atoms. The molecule has 1 heterocycles. The quantitative estimate of drug-likeness (QED) is 0.561. The Balaban J connectivity index is 1.56. The first-order chi connectivity index (χ1) is 16.2. The average Bonchev–Trinajstić information content (AvgIpc) is 2.81. The molecule has 2 aliphatic rings. The van der Waals surface area contributed by atoms with Crippen LogP contribution < -0.4 is 15.4 Å². The smallest absolute Gasteiger partial charge is 0.241 e. The molecule has 4 rings (SSSR count). The summed E-state index contributed by atoms with van der Waals surface area (Å²) in [6.45, 7) is 4.35. The van der Waals surface area contributed by atoms with Gasteiger partial charge in [0.25, 0.3) is 0 Å². The molecule has 4 atom stereocenters. The van der Waals surface area contributed by atoms with Crippen LogP contribution in [0.4, 0.5) is 5.69 Å². The number of carbonyl (C=O) groups is 2. The summed E-state index contributed by atoms with van der Waals surface area (Å²) in [5, 5.41) is 5.90. The monoisotopic (exact) mass is 483 g/mol. The van der Waals surface area contributed by atoms with Crippen LogP contribution in [-0.4, -0.2) is 32.3 Å². The minimum atomic E-state index is -3.96. The molecule has 1 aliphatic carbocycles. The Morgan fingerprint density at radius 2 is 1.85 bits per heavy atom. The molecule has 182 valence electrons. The number of rotatable bonds is 7. The summed E-state index contributed by atoms with van der Waals surface area (Å²) in [5.74, 6) is 0.470. The summed E-state index contributed by atoms with van der Waals surface area (Å²) in [6, 6.07) is 13.2. The van der Waals surface area contributed by atoms with E-state index in [0.717, 1.165) is 30.4 Å². The van der Waals surface area contributed by atoms with E-state index in [1.807, 2.05) is 30.3 Å². The first-order valence-electron chi connectivity index (χ1n) is 12.0. The van der Waals surface area contributed by atoms with E-state index in [2.05, 4.69) is 29.2 Å². The standard InChI is InChI=1S/C26H33N3O4S/c1-17-7-6-10-22(18(17)2)28-26(31)24(15-19-8-4-3-5-9-19)29-34(32,33)21-12-13-23-20(16-21)11-14-25(30)27-23/h3-5,8-9,12-13,16-18,22,24,29H,6-7,10-11,14-15H2,1-2H3,(H,27,30)(H,28,31)/t17-,18-,22+,24-/m1/s1. The number of anilines is 1. The molecule has 3 N–H and O–H groups in total. The molecule has 2 amide bonds. The second-order valence-electron chi connectivity index (χ2n) is 9.61. The number of benzene rings is 2. The van der Waals surface area contributed by atoms with Crippen molar-refractivity contribution in [3.8, 4) is 0 Å². The molecule has 2 aromatic carbocycles. The highest BCUT2D eigenvalue weighted by Gasteiger charge is 2.32. The van der Waals surface area contributed by atoms with Crippen LogP contribution in [0.5, 0.6) is 0 Å². The van der Waals surface area contributed by atoms with Crippen LogP contribution in [0.25, 0.3) is 0 Å². The number of hydrogen-bond donors (Lipinski definition) is 3. The van der Waals surface area contributed by atoms with E-state index in [1.54, 1.807) is 12.1 Å². The van der Waals surface area contributed by atoms with Crippen molar-refractivity contribution >= 4 is 27.5 Å². The van der Waals surface area contributed by atoms with E-state index >= 15 is 0 Å². The van der Waals surface area contributed by atoms with Gasteiger partial charge in [0, 0.05) is 18.2 Å². The molecule has 2 aromatic rings. The fourth-order valence-electron chi connectivity index (χ4n) is 4.89. The Morgan fingerprint density at radius 1 is 1.09 bits per heavy atom. The van der Waals surface area contributed by atoms with Crippen molar-refractivity contribution in [3.05, 3.63) is 59.7 Å². The number of fused-ring (bicyclic) bond motifs is 1. The second-order valence-corrected chi connectivity index (χ2v) is 11.3. The average molecular weight is 484 g/mol. The Morgan fingerprint density at radius 3 is 2.62 bits per heavy atom. The van der Waals surface area contributed by atoms with Crippen molar-refractivity contribution in [2.75, 3.05) is 5.32 Å². The van der Waals surface area contributed by atoms with E-state index in [9.17, 15) is 18.0 Å². The predicted octanol–water partition coefficient (Wildman–Crippen LogP) is 3.40.